The molecule has 7 heteroatoms. The van der Waals surface area contributed by atoms with Gasteiger partial charge in [0.25, 0.3) is 0 Å². The van der Waals surface area contributed by atoms with Crippen molar-refractivity contribution in [3.63, 3.8) is 0 Å². The topological polar surface area (TPSA) is 64.1 Å². The zero-order chi connectivity index (χ0) is 17.5. The van der Waals surface area contributed by atoms with Gasteiger partial charge >= 0.3 is 0 Å². The molecule has 0 N–H and O–H groups in total. The van der Waals surface area contributed by atoms with Crippen LogP contribution in [0.4, 0.5) is 0 Å². The molecule has 0 spiro atoms. The fourth-order valence-corrected chi connectivity index (χ4v) is 4.28. The van der Waals surface area contributed by atoms with Gasteiger partial charge in [-0.25, -0.2) is 0 Å². The van der Waals surface area contributed by atoms with Crippen LogP contribution in [0.1, 0.15) is 54.5 Å². The Bertz CT molecular complexity index is 894. The summed E-state index contributed by atoms with van der Waals surface area (Å²) < 4.78 is 4.14. The van der Waals surface area contributed by atoms with E-state index in [4.69, 9.17) is 5.10 Å². The van der Waals surface area contributed by atoms with Crippen LogP contribution in [0.3, 0.4) is 0 Å². The Morgan fingerprint density at radius 2 is 1.92 bits per heavy atom. The highest BCUT2D eigenvalue weighted by Gasteiger charge is 2.26. The number of piperidine rings is 1. The van der Waals surface area contributed by atoms with Gasteiger partial charge in [-0.05, 0) is 70.3 Å². The maximum atomic E-state index is 4.80. The molecule has 1 fully saturated rings. The predicted octanol–water partition coefficient (Wildman–Crippen LogP) is 2.35. The smallest absolute Gasteiger partial charge is 0.177 e. The Kier molecular flexibility index (Phi) is 3.96. The van der Waals surface area contributed by atoms with Crippen LogP contribution in [-0.2, 0) is 19.5 Å². The largest absolute Gasteiger partial charge is 0.297 e. The molecule has 0 aliphatic carbocycles. The lowest BCUT2D eigenvalue weighted by Crippen LogP contribution is -2.33. The minimum atomic E-state index is 0.436. The van der Waals surface area contributed by atoms with Crippen molar-refractivity contribution in [3.05, 3.63) is 41.1 Å². The SMILES string of the molecule is Cc1ccc2nnc(C3CCN(Cc4cc5n(n4)CCCC5)CC3)n2n1. The summed E-state index contributed by atoms with van der Waals surface area (Å²) in [7, 11) is 0. The van der Waals surface area contributed by atoms with Gasteiger partial charge in [-0.3, -0.25) is 9.58 Å². The zero-order valence-electron chi connectivity index (χ0n) is 15.3. The first-order valence-electron chi connectivity index (χ1n) is 9.73. The highest BCUT2D eigenvalue weighted by Crippen LogP contribution is 2.27. The number of aromatic nitrogens is 6. The summed E-state index contributed by atoms with van der Waals surface area (Å²) in [6.07, 6.45) is 5.95. The monoisotopic (exact) mass is 351 g/mol. The predicted molar refractivity (Wildman–Crippen MR) is 97.9 cm³/mol. The molecule has 5 heterocycles. The summed E-state index contributed by atoms with van der Waals surface area (Å²) in [4.78, 5) is 2.52. The van der Waals surface area contributed by atoms with E-state index in [1.165, 1.54) is 30.7 Å². The number of nitrogens with zero attached hydrogens (tertiary/aromatic N) is 7. The molecule has 5 rings (SSSR count). The van der Waals surface area contributed by atoms with Gasteiger partial charge in [0.2, 0.25) is 0 Å². The molecular formula is C19H25N7. The second-order valence-electron chi connectivity index (χ2n) is 7.66. The van der Waals surface area contributed by atoms with Crippen molar-refractivity contribution in [3.8, 4) is 0 Å². The number of likely N-dealkylation sites (tertiary alicyclic amines) is 1. The second kappa shape index (κ2) is 6.46. The van der Waals surface area contributed by atoms with Crippen LogP contribution in [0.5, 0.6) is 0 Å². The lowest BCUT2D eigenvalue weighted by atomic mass is 9.96. The molecule has 0 aromatic carbocycles. The Morgan fingerprint density at radius 3 is 2.77 bits per heavy atom. The zero-order valence-corrected chi connectivity index (χ0v) is 15.3. The summed E-state index contributed by atoms with van der Waals surface area (Å²) in [6, 6.07) is 6.29. The average Bonchev–Trinajstić information content (AvgIpc) is 3.25. The second-order valence-corrected chi connectivity index (χ2v) is 7.66. The van der Waals surface area contributed by atoms with Gasteiger partial charge in [0, 0.05) is 24.7 Å². The van der Waals surface area contributed by atoms with E-state index in [1.807, 2.05) is 23.6 Å². The minimum absolute atomic E-state index is 0.436. The molecule has 26 heavy (non-hydrogen) atoms. The number of hydrogen-bond acceptors (Lipinski definition) is 5. The highest BCUT2D eigenvalue weighted by atomic mass is 15.4. The van der Waals surface area contributed by atoms with Crippen molar-refractivity contribution >= 4 is 5.65 Å². The Balaban J connectivity index is 1.25. The lowest BCUT2D eigenvalue weighted by molar-refractivity contribution is 0.198. The maximum absolute atomic E-state index is 4.80. The molecule has 0 bridgehead atoms. The van der Waals surface area contributed by atoms with E-state index >= 15 is 0 Å². The van der Waals surface area contributed by atoms with Crippen molar-refractivity contribution < 1.29 is 0 Å². The third-order valence-corrected chi connectivity index (χ3v) is 5.73. The summed E-state index contributed by atoms with van der Waals surface area (Å²) in [5.41, 5.74) is 4.49. The van der Waals surface area contributed by atoms with Crippen molar-refractivity contribution in [2.45, 2.75) is 58.0 Å². The first-order valence-corrected chi connectivity index (χ1v) is 9.73. The van der Waals surface area contributed by atoms with Gasteiger partial charge in [-0.15, -0.1) is 10.2 Å². The first-order chi connectivity index (χ1) is 12.8. The van der Waals surface area contributed by atoms with Crippen LogP contribution >= 0.6 is 0 Å². The third-order valence-electron chi connectivity index (χ3n) is 5.73. The molecule has 3 aromatic rings. The Labute approximate surface area is 153 Å². The van der Waals surface area contributed by atoms with Crippen LogP contribution in [0.2, 0.25) is 0 Å². The number of fused-ring (bicyclic) bond motifs is 2. The number of rotatable bonds is 3. The molecule has 0 radical (unpaired) electrons. The summed E-state index contributed by atoms with van der Waals surface area (Å²) in [6.45, 7) is 6.21. The molecule has 0 amide bonds. The van der Waals surface area contributed by atoms with Crippen LogP contribution in [0.25, 0.3) is 5.65 Å². The maximum Gasteiger partial charge on any atom is 0.177 e. The number of hydrogen-bond donors (Lipinski definition) is 0. The lowest BCUT2D eigenvalue weighted by Gasteiger charge is -2.30. The van der Waals surface area contributed by atoms with Crippen molar-refractivity contribution in [2.75, 3.05) is 13.1 Å². The summed E-state index contributed by atoms with van der Waals surface area (Å²) in [5, 5.41) is 18.1. The van der Waals surface area contributed by atoms with Crippen molar-refractivity contribution in [1.82, 2.24) is 34.5 Å². The molecule has 136 valence electrons. The molecule has 7 nitrogen and oxygen atoms in total. The van der Waals surface area contributed by atoms with Gasteiger partial charge in [0.05, 0.1) is 11.4 Å². The van der Waals surface area contributed by atoms with E-state index in [9.17, 15) is 0 Å². The molecule has 3 aromatic heterocycles. The van der Waals surface area contributed by atoms with Crippen LogP contribution in [0, 0.1) is 6.92 Å². The quantitative estimate of drug-likeness (QED) is 0.725. The van der Waals surface area contributed by atoms with E-state index in [0.717, 1.165) is 56.2 Å². The van der Waals surface area contributed by atoms with Crippen LogP contribution < -0.4 is 0 Å². The van der Waals surface area contributed by atoms with Gasteiger partial charge in [-0.1, -0.05) is 0 Å². The minimum Gasteiger partial charge on any atom is -0.297 e. The summed E-state index contributed by atoms with van der Waals surface area (Å²) >= 11 is 0. The van der Waals surface area contributed by atoms with Gasteiger partial charge in [0.15, 0.2) is 11.5 Å². The van der Waals surface area contributed by atoms with Crippen LogP contribution in [0.15, 0.2) is 18.2 Å². The van der Waals surface area contributed by atoms with Gasteiger partial charge in [0.1, 0.15) is 0 Å². The Morgan fingerprint density at radius 1 is 1.04 bits per heavy atom. The van der Waals surface area contributed by atoms with Crippen LogP contribution in [-0.4, -0.2) is 47.6 Å². The standard InChI is InChI=1S/C19H25N7/c1-14-5-6-18-20-21-19(26(18)22-14)15-7-10-24(11-8-15)13-16-12-17-4-2-3-9-25(17)23-16/h5-6,12,15H,2-4,7-11,13H2,1H3. The molecule has 0 unspecified atom stereocenters. The Hall–Kier alpha value is -2.28. The molecule has 2 aliphatic rings. The first kappa shape index (κ1) is 15.9. The van der Waals surface area contributed by atoms with Gasteiger partial charge < -0.3 is 0 Å². The molecule has 1 saturated heterocycles. The van der Waals surface area contributed by atoms with Gasteiger partial charge in [-0.2, -0.15) is 14.7 Å². The van der Waals surface area contributed by atoms with E-state index in [2.05, 4.69) is 30.9 Å². The third kappa shape index (κ3) is 2.90. The normalized spacial score (nSPS) is 19.1. The average molecular weight is 351 g/mol. The van der Waals surface area contributed by atoms with E-state index in [1.54, 1.807) is 0 Å². The van der Waals surface area contributed by atoms with Crippen molar-refractivity contribution in [2.24, 2.45) is 0 Å². The van der Waals surface area contributed by atoms with Crippen molar-refractivity contribution in [1.29, 1.82) is 0 Å². The fourth-order valence-electron chi connectivity index (χ4n) is 4.28. The summed E-state index contributed by atoms with van der Waals surface area (Å²) in [5.74, 6) is 1.45. The van der Waals surface area contributed by atoms with E-state index < -0.39 is 0 Å². The molecule has 0 atom stereocenters. The fraction of sp³-hybridized carbons (Fsp3) is 0.579. The van der Waals surface area contributed by atoms with E-state index in [0.29, 0.717) is 5.92 Å². The number of aryl methyl sites for hydroxylation is 3. The highest BCUT2D eigenvalue weighted by molar-refractivity contribution is 5.36. The molecule has 0 saturated carbocycles. The molecule has 2 aliphatic heterocycles. The molecular weight excluding hydrogens is 326 g/mol. The van der Waals surface area contributed by atoms with E-state index in [-0.39, 0.29) is 0 Å².